The van der Waals surface area contributed by atoms with Crippen LogP contribution in [0.25, 0.3) is 0 Å². The van der Waals surface area contributed by atoms with Gasteiger partial charge in [0.25, 0.3) is 18.3 Å². The number of carbonyl (C=O) groups excluding carboxylic acids is 5. The number of nitrogens with one attached hydrogen (secondary N) is 1. The Morgan fingerprint density at radius 3 is 2.21 bits per heavy atom. The Bertz CT molecular complexity index is 1140. The zero-order valence-corrected chi connectivity index (χ0v) is 24.6. The van der Waals surface area contributed by atoms with E-state index in [1.807, 2.05) is 4.90 Å². The highest BCUT2D eigenvalue weighted by Crippen LogP contribution is 2.31. The molecule has 3 heterocycles. The number of hydrogen-bond donors (Lipinski definition) is 2. The summed E-state index contributed by atoms with van der Waals surface area (Å²) >= 11 is 0. The standard InChI is InChI=1S/C29H40N4O6.CH2O2/c1-19(2)18-31-12-8-20(9-13-31)27(36)32-14-10-21(11-15-32)39-22-6-7-23-24(17-22)29(38)33(28(23)37)25(5-4-16-34)26(35)30-3;2-1-3/h6-7,16-17,19-21,25H,4-5,8-15,18H2,1-3H3,(H,30,35);1H,(H,2,3). The van der Waals surface area contributed by atoms with Crippen molar-refractivity contribution in [3.05, 3.63) is 29.3 Å². The molecule has 0 spiro atoms. The van der Waals surface area contributed by atoms with Crippen LogP contribution in [0.15, 0.2) is 18.2 Å². The van der Waals surface area contributed by atoms with Gasteiger partial charge in [0.15, 0.2) is 0 Å². The molecule has 2 saturated heterocycles. The molecule has 1 atom stereocenters. The number of amides is 4. The number of likely N-dealkylation sites (tertiary alicyclic amines) is 2. The predicted molar refractivity (Wildman–Crippen MR) is 153 cm³/mol. The van der Waals surface area contributed by atoms with Gasteiger partial charge in [-0.05, 0) is 56.5 Å². The fourth-order valence-electron chi connectivity index (χ4n) is 5.89. The highest BCUT2D eigenvalue weighted by Gasteiger charge is 2.42. The fourth-order valence-corrected chi connectivity index (χ4v) is 5.89. The van der Waals surface area contributed by atoms with Gasteiger partial charge in [0.05, 0.1) is 11.1 Å². The van der Waals surface area contributed by atoms with Crippen LogP contribution in [0.3, 0.4) is 0 Å². The lowest BCUT2D eigenvalue weighted by Gasteiger charge is -2.37. The number of benzene rings is 1. The maximum atomic E-state index is 13.2. The van der Waals surface area contributed by atoms with E-state index >= 15 is 0 Å². The van der Waals surface area contributed by atoms with E-state index in [4.69, 9.17) is 14.6 Å². The molecular formula is C30H42N4O8. The maximum absolute atomic E-state index is 13.2. The Morgan fingerprint density at radius 2 is 1.64 bits per heavy atom. The molecule has 0 radical (unpaired) electrons. The number of fused-ring (bicyclic) bond motifs is 1. The van der Waals surface area contributed by atoms with Gasteiger partial charge in [0, 0.05) is 51.9 Å². The van der Waals surface area contributed by atoms with Gasteiger partial charge >= 0.3 is 0 Å². The molecule has 1 aromatic rings. The molecule has 1 unspecified atom stereocenters. The van der Waals surface area contributed by atoms with Crippen LogP contribution < -0.4 is 10.1 Å². The van der Waals surface area contributed by atoms with Gasteiger partial charge in [-0.1, -0.05) is 13.8 Å². The minimum Gasteiger partial charge on any atom is -0.490 e. The van der Waals surface area contributed by atoms with Crippen molar-refractivity contribution in [1.29, 1.82) is 0 Å². The van der Waals surface area contributed by atoms with E-state index in [-0.39, 0.29) is 48.4 Å². The smallest absolute Gasteiger partial charge is 0.290 e. The van der Waals surface area contributed by atoms with E-state index in [1.165, 1.54) is 7.05 Å². The lowest BCUT2D eigenvalue weighted by molar-refractivity contribution is -0.139. The average Bonchev–Trinajstić information content (AvgIpc) is 3.22. The zero-order chi connectivity index (χ0) is 30.8. The number of rotatable bonds is 10. The van der Waals surface area contributed by atoms with Crippen LogP contribution in [0.5, 0.6) is 5.75 Å². The van der Waals surface area contributed by atoms with Crippen molar-refractivity contribution in [2.75, 3.05) is 39.8 Å². The summed E-state index contributed by atoms with van der Waals surface area (Å²) in [5.74, 6) is -0.164. The van der Waals surface area contributed by atoms with Crippen LogP contribution in [-0.2, 0) is 19.2 Å². The lowest BCUT2D eigenvalue weighted by atomic mass is 9.93. The van der Waals surface area contributed by atoms with Crippen LogP contribution in [0.1, 0.15) is 73.1 Å². The Morgan fingerprint density at radius 1 is 1.02 bits per heavy atom. The Balaban J connectivity index is 0.00000155. The summed E-state index contributed by atoms with van der Waals surface area (Å²) in [5, 5.41) is 9.36. The van der Waals surface area contributed by atoms with Crippen LogP contribution in [0.2, 0.25) is 0 Å². The van der Waals surface area contributed by atoms with Crippen molar-refractivity contribution in [3.8, 4) is 5.75 Å². The summed E-state index contributed by atoms with van der Waals surface area (Å²) in [6, 6.07) is 3.71. The summed E-state index contributed by atoms with van der Waals surface area (Å²) < 4.78 is 6.17. The molecule has 2 fully saturated rings. The average molecular weight is 587 g/mol. The third-order valence-corrected chi connectivity index (χ3v) is 7.92. The molecule has 0 saturated carbocycles. The fraction of sp³-hybridized carbons (Fsp3) is 0.600. The van der Waals surface area contributed by atoms with Crippen molar-refractivity contribution in [3.63, 3.8) is 0 Å². The van der Waals surface area contributed by atoms with Crippen LogP contribution in [0, 0.1) is 11.8 Å². The minimum absolute atomic E-state index is 0.0539. The predicted octanol–water partition coefficient (Wildman–Crippen LogP) is 1.81. The van der Waals surface area contributed by atoms with Crippen molar-refractivity contribution in [1.82, 2.24) is 20.0 Å². The number of hydrogen-bond acceptors (Lipinski definition) is 8. The van der Waals surface area contributed by atoms with Gasteiger partial charge in [-0.3, -0.25) is 28.9 Å². The first-order valence-corrected chi connectivity index (χ1v) is 14.6. The number of nitrogens with zero attached hydrogens (tertiary/aromatic N) is 3. The first-order chi connectivity index (χ1) is 20.1. The van der Waals surface area contributed by atoms with Crippen LogP contribution >= 0.6 is 0 Å². The second kappa shape index (κ2) is 15.4. The number of aldehydes is 1. The van der Waals surface area contributed by atoms with E-state index in [0.717, 1.165) is 37.4 Å². The Hall–Kier alpha value is -3.80. The molecule has 12 nitrogen and oxygen atoms in total. The molecule has 2 N–H and O–H groups in total. The molecule has 0 aliphatic carbocycles. The molecule has 12 heteroatoms. The van der Waals surface area contributed by atoms with Crippen molar-refractivity contribution < 1.29 is 38.6 Å². The number of carbonyl (C=O) groups is 6. The van der Waals surface area contributed by atoms with Gasteiger partial charge in [-0.15, -0.1) is 0 Å². The van der Waals surface area contributed by atoms with Gasteiger partial charge in [0.2, 0.25) is 11.8 Å². The SMILES string of the molecule is CNC(=O)C(CCC=O)N1C(=O)c2ccc(OC3CCN(C(=O)C4CCN(CC(C)C)CC4)CC3)cc2C1=O.O=CO. The highest BCUT2D eigenvalue weighted by atomic mass is 16.5. The van der Waals surface area contributed by atoms with Crippen LogP contribution in [0.4, 0.5) is 0 Å². The van der Waals surface area contributed by atoms with Gasteiger partial charge in [-0.25, -0.2) is 0 Å². The van der Waals surface area contributed by atoms with Crippen molar-refractivity contribution in [2.24, 2.45) is 11.8 Å². The normalized spacial score (nSPS) is 18.7. The number of ether oxygens (including phenoxy) is 1. The topological polar surface area (TPSA) is 154 Å². The third kappa shape index (κ3) is 7.93. The van der Waals surface area contributed by atoms with Crippen molar-refractivity contribution >= 4 is 36.4 Å². The van der Waals surface area contributed by atoms with Gasteiger partial charge < -0.3 is 29.8 Å². The number of likely N-dealkylation sites (N-methyl/N-ethyl adjacent to an activating group) is 1. The molecule has 1 aromatic carbocycles. The Labute approximate surface area is 246 Å². The number of carboxylic acid groups (broad SMARTS) is 1. The van der Waals surface area contributed by atoms with E-state index < -0.39 is 23.8 Å². The molecule has 42 heavy (non-hydrogen) atoms. The second-order valence-corrected chi connectivity index (χ2v) is 11.3. The monoisotopic (exact) mass is 586 g/mol. The van der Waals surface area contributed by atoms with Crippen molar-refractivity contribution in [2.45, 2.75) is 64.5 Å². The second-order valence-electron chi connectivity index (χ2n) is 11.3. The molecule has 3 aliphatic heterocycles. The summed E-state index contributed by atoms with van der Waals surface area (Å²) in [6.45, 7) is 8.50. The van der Waals surface area contributed by atoms with E-state index in [2.05, 4.69) is 24.1 Å². The molecule has 0 bridgehead atoms. The molecule has 230 valence electrons. The molecular weight excluding hydrogens is 544 g/mol. The minimum atomic E-state index is -1.05. The molecule has 0 aromatic heterocycles. The summed E-state index contributed by atoms with van der Waals surface area (Å²) in [5.41, 5.74) is 0.404. The molecule has 4 amide bonds. The zero-order valence-electron chi connectivity index (χ0n) is 24.6. The Kier molecular flexibility index (Phi) is 12.0. The first kappa shape index (κ1) is 32.7. The van der Waals surface area contributed by atoms with E-state index in [9.17, 15) is 24.0 Å². The highest BCUT2D eigenvalue weighted by molar-refractivity contribution is 6.23. The third-order valence-electron chi connectivity index (χ3n) is 7.92. The summed E-state index contributed by atoms with van der Waals surface area (Å²) in [6.07, 6.45) is 3.89. The lowest BCUT2D eigenvalue weighted by Crippen LogP contribution is -2.48. The first-order valence-electron chi connectivity index (χ1n) is 14.6. The number of imide groups is 1. The van der Waals surface area contributed by atoms with Crippen LogP contribution in [-0.4, -0.2) is 108 Å². The largest absolute Gasteiger partial charge is 0.490 e. The van der Waals surface area contributed by atoms with Gasteiger partial charge in [-0.2, -0.15) is 0 Å². The molecule has 4 rings (SSSR count). The molecule has 3 aliphatic rings. The summed E-state index contributed by atoms with van der Waals surface area (Å²) in [7, 11) is 1.43. The maximum Gasteiger partial charge on any atom is 0.290 e. The quantitative estimate of drug-likeness (QED) is 0.309. The van der Waals surface area contributed by atoms with Gasteiger partial charge in [0.1, 0.15) is 24.2 Å². The van der Waals surface area contributed by atoms with E-state index in [0.29, 0.717) is 43.9 Å². The number of piperidine rings is 2. The summed E-state index contributed by atoms with van der Waals surface area (Å²) in [4.78, 5) is 76.2. The van der Waals surface area contributed by atoms with E-state index in [1.54, 1.807) is 18.2 Å².